The molecule has 1 nitrogen and oxygen atoms in total. The summed E-state index contributed by atoms with van der Waals surface area (Å²) in [7, 11) is 0. The first kappa shape index (κ1) is 21.9. The van der Waals surface area contributed by atoms with Crippen molar-refractivity contribution in [2.75, 3.05) is 4.90 Å². The van der Waals surface area contributed by atoms with Crippen molar-refractivity contribution in [3.8, 4) is 11.1 Å². The standard InChI is InChI=1S/C36H29N/c1-24-12-18-32-33-19-17-31(23-35(33)36(2,3)34(32)20-24)37(29-15-13-25-8-4-6-10-27(25)21-29)30-16-14-26-9-5-7-11-28(26)22-30/h4-23H,1-3H3. The molecule has 37 heavy (non-hydrogen) atoms. The number of nitrogens with zero attached hydrogens (tertiary/aromatic N) is 1. The summed E-state index contributed by atoms with van der Waals surface area (Å²) in [5, 5.41) is 5.00. The Labute approximate surface area is 218 Å². The van der Waals surface area contributed by atoms with Crippen molar-refractivity contribution >= 4 is 38.6 Å². The molecular formula is C36H29N. The van der Waals surface area contributed by atoms with E-state index in [0.29, 0.717) is 0 Å². The van der Waals surface area contributed by atoms with E-state index in [4.69, 9.17) is 0 Å². The second kappa shape index (κ2) is 8.08. The molecule has 178 valence electrons. The predicted molar refractivity (Wildman–Crippen MR) is 158 cm³/mol. The van der Waals surface area contributed by atoms with Gasteiger partial charge in [0.2, 0.25) is 0 Å². The van der Waals surface area contributed by atoms with Crippen molar-refractivity contribution in [3.05, 3.63) is 138 Å². The maximum Gasteiger partial charge on any atom is 0.0468 e. The minimum absolute atomic E-state index is 0.0505. The number of hydrogen-bond donors (Lipinski definition) is 0. The van der Waals surface area contributed by atoms with Crippen molar-refractivity contribution < 1.29 is 0 Å². The first-order chi connectivity index (χ1) is 18.0. The van der Waals surface area contributed by atoms with Crippen LogP contribution in [0.4, 0.5) is 17.1 Å². The van der Waals surface area contributed by atoms with Crippen molar-refractivity contribution in [1.82, 2.24) is 0 Å². The summed E-state index contributed by atoms with van der Waals surface area (Å²) in [6, 6.07) is 44.6. The zero-order chi connectivity index (χ0) is 25.1. The summed E-state index contributed by atoms with van der Waals surface area (Å²) in [5.41, 5.74) is 10.3. The van der Waals surface area contributed by atoms with Crippen molar-refractivity contribution in [2.45, 2.75) is 26.2 Å². The number of anilines is 3. The lowest BCUT2D eigenvalue weighted by molar-refractivity contribution is 0.660. The molecule has 0 amide bonds. The summed E-state index contributed by atoms with van der Waals surface area (Å²) in [5.74, 6) is 0. The third-order valence-corrected chi connectivity index (χ3v) is 8.06. The number of rotatable bonds is 3. The lowest BCUT2D eigenvalue weighted by atomic mass is 9.82. The van der Waals surface area contributed by atoms with Gasteiger partial charge in [-0.15, -0.1) is 0 Å². The van der Waals surface area contributed by atoms with E-state index in [1.54, 1.807) is 0 Å². The highest BCUT2D eigenvalue weighted by Crippen LogP contribution is 2.51. The molecule has 1 aliphatic carbocycles. The Kier molecular flexibility index (Phi) is 4.78. The van der Waals surface area contributed by atoms with Crippen LogP contribution in [0.1, 0.15) is 30.5 Å². The highest BCUT2D eigenvalue weighted by atomic mass is 15.1. The molecule has 0 spiro atoms. The monoisotopic (exact) mass is 475 g/mol. The Hall–Kier alpha value is -4.36. The summed E-state index contributed by atoms with van der Waals surface area (Å²) in [4.78, 5) is 2.41. The molecule has 0 N–H and O–H groups in total. The van der Waals surface area contributed by atoms with Gasteiger partial charge < -0.3 is 4.90 Å². The average molecular weight is 476 g/mol. The van der Waals surface area contributed by atoms with Gasteiger partial charge in [-0.3, -0.25) is 0 Å². The highest BCUT2D eigenvalue weighted by molar-refractivity contribution is 5.93. The molecule has 7 rings (SSSR count). The van der Waals surface area contributed by atoms with E-state index in [0.717, 1.165) is 11.4 Å². The summed E-state index contributed by atoms with van der Waals surface area (Å²) in [6.45, 7) is 6.90. The van der Waals surface area contributed by atoms with Gasteiger partial charge in [0, 0.05) is 22.5 Å². The van der Waals surface area contributed by atoms with E-state index in [9.17, 15) is 0 Å². The van der Waals surface area contributed by atoms with Crippen LogP contribution in [0.25, 0.3) is 32.7 Å². The molecule has 0 bridgehead atoms. The third kappa shape index (κ3) is 3.46. The summed E-state index contributed by atoms with van der Waals surface area (Å²) < 4.78 is 0. The third-order valence-electron chi connectivity index (χ3n) is 8.06. The van der Waals surface area contributed by atoms with Gasteiger partial charge in [0.1, 0.15) is 0 Å². The zero-order valence-electron chi connectivity index (χ0n) is 21.5. The Morgan fingerprint density at radius 2 is 0.919 bits per heavy atom. The number of fused-ring (bicyclic) bond motifs is 5. The van der Waals surface area contributed by atoms with Gasteiger partial charge in [-0.1, -0.05) is 104 Å². The second-order valence-electron chi connectivity index (χ2n) is 10.8. The van der Waals surface area contributed by atoms with Crippen LogP contribution < -0.4 is 4.90 Å². The van der Waals surface area contributed by atoms with Gasteiger partial charge in [0.05, 0.1) is 0 Å². The summed E-state index contributed by atoms with van der Waals surface area (Å²) in [6.07, 6.45) is 0. The SMILES string of the molecule is Cc1ccc2c(c1)C(C)(C)c1cc(N(c3ccc4ccccc4c3)c3ccc4ccccc4c3)ccc1-2. The lowest BCUT2D eigenvalue weighted by Crippen LogP contribution is -2.16. The molecule has 0 unspecified atom stereocenters. The Bertz CT molecular complexity index is 1750. The van der Waals surface area contributed by atoms with Crippen LogP contribution in [0.15, 0.2) is 121 Å². The normalized spacial score (nSPS) is 13.5. The molecule has 0 fully saturated rings. The highest BCUT2D eigenvalue weighted by Gasteiger charge is 2.36. The minimum Gasteiger partial charge on any atom is -0.310 e. The largest absolute Gasteiger partial charge is 0.310 e. The fraction of sp³-hybridized carbons (Fsp3) is 0.111. The lowest BCUT2D eigenvalue weighted by Gasteiger charge is -2.28. The van der Waals surface area contributed by atoms with Gasteiger partial charge >= 0.3 is 0 Å². The average Bonchev–Trinajstić information content (AvgIpc) is 3.14. The van der Waals surface area contributed by atoms with Crippen LogP contribution in [0, 0.1) is 6.92 Å². The first-order valence-corrected chi connectivity index (χ1v) is 13.0. The molecule has 0 heterocycles. The number of benzene rings is 6. The van der Waals surface area contributed by atoms with Gasteiger partial charge in [0.15, 0.2) is 0 Å². The van der Waals surface area contributed by atoms with E-state index in [-0.39, 0.29) is 5.41 Å². The minimum atomic E-state index is -0.0505. The molecule has 0 saturated carbocycles. The molecular weight excluding hydrogens is 446 g/mol. The zero-order valence-corrected chi connectivity index (χ0v) is 21.5. The smallest absolute Gasteiger partial charge is 0.0468 e. The number of hydrogen-bond acceptors (Lipinski definition) is 1. The fourth-order valence-corrected chi connectivity index (χ4v) is 6.06. The first-order valence-electron chi connectivity index (χ1n) is 13.0. The molecule has 6 aromatic rings. The molecule has 0 aliphatic heterocycles. The van der Waals surface area contributed by atoms with E-state index < -0.39 is 0 Å². The van der Waals surface area contributed by atoms with Crippen LogP contribution in [-0.2, 0) is 5.41 Å². The topological polar surface area (TPSA) is 3.24 Å². The molecule has 6 aromatic carbocycles. The van der Waals surface area contributed by atoms with E-state index in [1.165, 1.54) is 55.0 Å². The van der Waals surface area contributed by atoms with Crippen LogP contribution >= 0.6 is 0 Å². The van der Waals surface area contributed by atoms with Gasteiger partial charge in [-0.05, 0) is 87.1 Å². The Morgan fingerprint density at radius 3 is 1.51 bits per heavy atom. The van der Waals surface area contributed by atoms with Gasteiger partial charge in [0.25, 0.3) is 0 Å². The number of aryl methyl sites for hydroxylation is 1. The van der Waals surface area contributed by atoms with Crippen LogP contribution in [0.3, 0.4) is 0 Å². The van der Waals surface area contributed by atoms with Gasteiger partial charge in [-0.25, -0.2) is 0 Å². The maximum absolute atomic E-state index is 2.41. The Balaban J connectivity index is 1.45. The molecule has 0 saturated heterocycles. The molecule has 0 radical (unpaired) electrons. The van der Waals surface area contributed by atoms with Crippen molar-refractivity contribution in [3.63, 3.8) is 0 Å². The van der Waals surface area contributed by atoms with E-state index >= 15 is 0 Å². The second-order valence-corrected chi connectivity index (χ2v) is 10.8. The van der Waals surface area contributed by atoms with Crippen LogP contribution in [0.5, 0.6) is 0 Å². The van der Waals surface area contributed by atoms with Crippen molar-refractivity contribution in [2.24, 2.45) is 0 Å². The molecule has 0 atom stereocenters. The molecule has 1 heteroatoms. The fourth-order valence-electron chi connectivity index (χ4n) is 6.06. The van der Waals surface area contributed by atoms with Crippen LogP contribution in [0.2, 0.25) is 0 Å². The summed E-state index contributed by atoms with van der Waals surface area (Å²) >= 11 is 0. The Morgan fingerprint density at radius 1 is 0.459 bits per heavy atom. The molecule has 1 aliphatic rings. The van der Waals surface area contributed by atoms with Gasteiger partial charge in [-0.2, -0.15) is 0 Å². The molecule has 0 aromatic heterocycles. The maximum atomic E-state index is 2.41. The van der Waals surface area contributed by atoms with E-state index in [2.05, 4.69) is 147 Å². The van der Waals surface area contributed by atoms with E-state index in [1.807, 2.05) is 0 Å². The van der Waals surface area contributed by atoms with Crippen molar-refractivity contribution in [1.29, 1.82) is 0 Å². The quantitative estimate of drug-likeness (QED) is 0.246. The van der Waals surface area contributed by atoms with Crippen LogP contribution in [-0.4, -0.2) is 0 Å². The predicted octanol–water partition coefficient (Wildman–Crippen LogP) is 10.1.